The summed E-state index contributed by atoms with van der Waals surface area (Å²) in [6.07, 6.45) is 14.6. The molecule has 1 heterocycles. The zero-order chi connectivity index (χ0) is 21.8. The smallest absolute Gasteiger partial charge is 0.344 e. The minimum atomic E-state index is -0.440. The van der Waals surface area contributed by atoms with Crippen molar-refractivity contribution in [3.63, 3.8) is 0 Å². The first-order valence-corrected chi connectivity index (χ1v) is 12.2. The monoisotopic (exact) mass is 422 g/mol. The van der Waals surface area contributed by atoms with Crippen LogP contribution in [0.4, 0.5) is 4.39 Å². The van der Waals surface area contributed by atoms with Gasteiger partial charge in [-0.25, -0.2) is 9.18 Å². The topological polar surface area (TPSA) is 30.2 Å². The van der Waals surface area contributed by atoms with Crippen LogP contribution < -0.4 is 5.63 Å². The van der Waals surface area contributed by atoms with Gasteiger partial charge in [-0.1, -0.05) is 76.1 Å². The Morgan fingerprint density at radius 1 is 0.903 bits per heavy atom. The van der Waals surface area contributed by atoms with Gasteiger partial charge in [0.1, 0.15) is 0 Å². The third-order valence-corrected chi connectivity index (χ3v) is 7.32. The molecule has 4 rings (SSSR count). The van der Waals surface area contributed by atoms with Gasteiger partial charge in [-0.3, -0.25) is 0 Å². The Hall–Kier alpha value is -2.16. The van der Waals surface area contributed by atoms with Crippen LogP contribution in [0.1, 0.15) is 94.6 Å². The van der Waals surface area contributed by atoms with Crippen LogP contribution in [0.3, 0.4) is 0 Å². The maximum absolute atomic E-state index is 14.4. The van der Waals surface area contributed by atoms with E-state index < -0.39 is 11.4 Å². The maximum Gasteiger partial charge on any atom is 0.344 e. The van der Waals surface area contributed by atoms with E-state index in [0.717, 1.165) is 11.3 Å². The number of aryl methyl sites for hydroxylation is 1. The lowest BCUT2D eigenvalue weighted by Gasteiger charge is -2.29. The summed E-state index contributed by atoms with van der Waals surface area (Å²) >= 11 is 0. The van der Waals surface area contributed by atoms with Gasteiger partial charge in [0.05, 0.1) is 5.39 Å². The van der Waals surface area contributed by atoms with Gasteiger partial charge in [-0.15, -0.1) is 0 Å². The molecule has 31 heavy (non-hydrogen) atoms. The summed E-state index contributed by atoms with van der Waals surface area (Å²) in [5, 5.41) is 2.03. The first-order valence-electron chi connectivity index (χ1n) is 12.2. The summed E-state index contributed by atoms with van der Waals surface area (Å²) in [5.74, 6) is 0.933. The number of benzene rings is 2. The molecule has 0 aliphatic heterocycles. The number of rotatable bonds is 8. The lowest BCUT2D eigenvalue weighted by atomic mass is 9.76. The molecule has 166 valence electrons. The van der Waals surface area contributed by atoms with Gasteiger partial charge in [0, 0.05) is 10.8 Å². The zero-order valence-electron chi connectivity index (χ0n) is 19.0. The third kappa shape index (κ3) is 4.86. The highest BCUT2D eigenvalue weighted by molar-refractivity contribution is 6.04. The predicted molar refractivity (Wildman–Crippen MR) is 127 cm³/mol. The van der Waals surface area contributed by atoms with Gasteiger partial charge < -0.3 is 4.42 Å². The molecule has 0 spiro atoms. The van der Waals surface area contributed by atoms with Crippen LogP contribution >= 0.6 is 0 Å². The van der Waals surface area contributed by atoms with E-state index in [1.807, 2.05) is 18.2 Å². The Morgan fingerprint density at radius 2 is 1.61 bits per heavy atom. The summed E-state index contributed by atoms with van der Waals surface area (Å²) in [6.45, 7) is 3.95. The standard InChI is InChI=1S/C28H35FO2/c1-3-4-5-6-7-8-9-20-11-13-21(14-12-20)22-15-17-23-24-16-10-19(2)26(29)27(24)31-28(30)25(23)18-22/h10,15-18,20-21H,3-9,11-14H2,1-2H3. The molecule has 1 aliphatic carbocycles. The SMILES string of the molecule is CCCCCCCCC1CCC(c2ccc3c(c2)c(=O)oc2c(F)c(C)ccc23)CC1. The molecule has 3 heteroatoms. The fourth-order valence-electron chi connectivity index (χ4n) is 5.33. The molecule has 1 fully saturated rings. The normalized spacial score (nSPS) is 19.3. The van der Waals surface area contributed by atoms with Gasteiger partial charge in [0.15, 0.2) is 11.4 Å². The first kappa shape index (κ1) is 22.0. The Bertz CT molecular complexity index is 1090. The average molecular weight is 423 g/mol. The van der Waals surface area contributed by atoms with Crippen molar-refractivity contribution in [2.45, 2.75) is 90.4 Å². The number of halogens is 1. The average Bonchev–Trinajstić information content (AvgIpc) is 2.79. The van der Waals surface area contributed by atoms with E-state index in [2.05, 4.69) is 13.0 Å². The van der Waals surface area contributed by atoms with Crippen molar-refractivity contribution < 1.29 is 8.81 Å². The largest absolute Gasteiger partial charge is 0.419 e. The highest BCUT2D eigenvalue weighted by Gasteiger charge is 2.23. The quantitative estimate of drug-likeness (QED) is 0.207. The second-order valence-electron chi connectivity index (χ2n) is 9.54. The van der Waals surface area contributed by atoms with Crippen molar-refractivity contribution in [2.24, 2.45) is 5.92 Å². The Labute approximate surface area is 184 Å². The summed E-state index contributed by atoms with van der Waals surface area (Å²) in [7, 11) is 0. The van der Waals surface area contributed by atoms with Crippen LogP contribution in [0.25, 0.3) is 21.7 Å². The van der Waals surface area contributed by atoms with Crippen LogP contribution in [0.2, 0.25) is 0 Å². The van der Waals surface area contributed by atoms with E-state index in [4.69, 9.17) is 4.42 Å². The lowest BCUT2D eigenvalue weighted by molar-refractivity contribution is 0.302. The number of hydrogen-bond acceptors (Lipinski definition) is 2. The van der Waals surface area contributed by atoms with Gasteiger partial charge in [-0.05, 0) is 61.6 Å². The van der Waals surface area contributed by atoms with Crippen LogP contribution in [-0.4, -0.2) is 0 Å². The molecule has 0 saturated heterocycles. The summed E-state index contributed by atoms with van der Waals surface area (Å²) in [6, 6.07) is 9.72. The van der Waals surface area contributed by atoms with Crippen LogP contribution in [0.15, 0.2) is 39.5 Å². The molecule has 1 aliphatic rings. The van der Waals surface area contributed by atoms with Gasteiger partial charge in [0.2, 0.25) is 0 Å². The first-order chi connectivity index (χ1) is 15.1. The molecule has 0 radical (unpaired) electrons. The summed E-state index contributed by atoms with van der Waals surface area (Å²) in [5.41, 5.74) is 1.35. The van der Waals surface area contributed by atoms with Crippen molar-refractivity contribution >= 4 is 21.7 Å². The molecule has 0 amide bonds. The van der Waals surface area contributed by atoms with Gasteiger partial charge in [0.25, 0.3) is 0 Å². The van der Waals surface area contributed by atoms with Crippen LogP contribution in [0.5, 0.6) is 0 Å². The van der Waals surface area contributed by atoms with E-state index in [-0.39, 0.29) is 5.58 Å². The van der Waals surface area contributed by atoms with E-state index >= 15 is 0 Å². The van der Waals surface area contributed by atoms with Crippen molar-refractivity contribution in [1.29, 1.82) is 0 Å². The van der Waals surface area contributed by atoms with Crippen molar-refractivity contribution in [1.82, 2.24) is 0 Å². The molecule has 0 bridgehead atoms. The Morgan fingerprint density at radius 3 is 2.39 bits per heavy atom. The molecular formula is C28H35FO2. The second-order valence-corrected chi connectivity index (χ2v) is 9.54. The van der Waals surface area contributed by atoms with E-state index in [0.29, 0.717) is 22.3 Å². The van der Waals surface area contributed by atoms with Crippen molar-refractivity contribution in [2.75, 3.05) is 0 Å². The Balaban J connectivity index is 1.43. The van der Waals surface area contributed by atoms with E-state index in [9.17, 15) is 9.18 Å². The molecule has 0 N–H and O–H groups in total. The molecule has 1 aromatic heterocycles. The molecular weight excluding hydrogens is 387 g/mol. The molecule has 0 unspecified atom stereocenters. The van der Waals surface area contributed by atoms with Crippen LogP contribution in [0, 0.1) is 18.7 Å². The number of hydrogen-bond donors (Lipinski definition) is 0. The van der Waals surface area contributed by atoms with E-state index in [1.165, 1.54) is 76.2 Å². The molecule has 0 atom stereocenters. The fourth-order valence-corrected chi connectivity index (χ4v) is 5.33. The summed E-state index contributed by atoms with van der Waals surface area (Å²) < 4.78 is 19.8. The predicted octanol–water partition coefficient (Wildman–Crippen LogP) is 8.42. The number of fused-ring (bicyclic) bond motifs is 3. The maximum atomic E-state index is 14.4. The minimum Gasteiger partial charge on any atom is -0.419 e. The zero-order valence-corrected chi connectivity index (χ0v) is 19.0. The highest BCUT2D eigenvalue weighted by atomic mass is 19.1. The van der Waals surface area contributed by atoms with Crippen molar-refractivity contribution in [3.05, 3.63) is 57.7 Å². The lowest BCUT2D eigenvalue weighted by Crippen LogP contribution is -2.14. The van der Waals surface area contributed by atoms with E-state index in [1.54, 1.807) is 13.0 Å². The number of unbranched alkanes of at least 4 members (excludes halogenated alkanes) is 5. The van der Waals surface area contributed by atoms with Crippen LogP contribution in [-0.2, 0) is 0 Å². The van der Waals surface area contributed by atoms with Crippen molar-refractivity contribution in [3.8, 4) is 0 Å². The second kappa shape index (κ2) is 9.97. The van der Waals surface area contributed by atoms with Gasteiger partial charge in [-0.2, -0.15) is 0 Å². The molecule has 2 aromatic carbocycles. The minimum absolute atomic E-state index is 0.0699. The van der Waals surface area contributed by atoms with Gasteiger partial charge >= 0.3 is 5.63 Å². The molecule has 2 nitrogen and oxygen atoms in total. The highest BCUT2D eigenvalue weighted by Crippen LogP contribution is 2.39. The Kier molecular flexibility index (Phi) is 7.09. The third-order valence-electron chi connectivity index (χ3n) is 7.32. The molecule has 3 aromatic rings. The molecule has 1 saturated carbocycles. The fraction of sp³-hybridized carbons (Fsp3) is 0.536. The summed E-state index contributed by atoms with van der Waals surface area (Å²) in [4.78, 5) is 12.6.